The molecule has 36 heavy (non-hydrogen) atoms. The van der Waals surface area contributed by atoms with Crippen LogP contribution in [0.25, 0.3) is 0 Å². The molecule has 4 rings (SSSR count). The van der Waals surface area contributed by atoms with Crippen molar-refractivity contribution in [1.82, 2.24) is 10.2 Å². The number of ether oxygens (including phenoxy) is 2. The first-order chi connectivity index (χ1) is 17.6. The summed E-state index contributed by atoms with van der Waals surface area (Å²) in [5.41, 5.74) is 1.64. The normalized spacial score (nSPS) is 15.8. The number of halogens is 1. The van der Waals surface area contributed by atoms with E-state index < -0.39 is 6.04 Å². The zero-order valence-electron chi connectivity index (χ0n) is 20.1. The number of benzene rings is 3. The monoisotopic (exact) mass is 490 g/mol. The van der Waals surface area contributed by atoms with E-state index in [4.69, 9.17) is 9.47 Å². The molecule has 1 fully saturated rings. The van der Waals surface area contributed by atoms with Crippen LogP contribution < -0.4 is 10.1 Å². The molecular formula is C29H31FN2O4. The minimum atomic E-state index is -0.786. The van der Waals surface area contributed by atoms with Crippen molar-refractivity contribution in [3.63, 3.8) is 0 Å². The Morgan fingerprint density at radius 1 is 0.972 bits per heavy atom. The van der Waals surface area contributed by atoms with E-state index in [1.165, 1.54) is 17.0 Å². The van der Waals surface area contributed by atoms with Gasteiger partial charge in [0.1, 0.15) is 17.6 Å². The first-order valence-corrected chi connectivity index (χ1v) is 12.2. The molecule has 2 unspecified atom stereocenters. The number of carbonyl (C=O) groups excluding carboxylic acids is 2. The average Bonchev–Trinajstić information content (AvgIpc) is 3.44. The van der Waals surface area contributed by atoms with Crippen LogP contribution in [0.2, 0.25) is 0 Å². The van der Waals surface area contributed by atoms with E-state index in [1.807, 2.05) is 48.5 Å². The number of hydrogen-bond acceptors (Lipinski definition) is 4. The van der Waals surface area contributed by atoms with Crippen molar-refractivity contribution in [3.8, 4) is 5.75 Å². The van der Waals surface area contributed by atoms with Crippen molar-refractivity contribution in [3.05, 3.63) is 102 Å². The number of carbonyl (C=O) groups is 2. The third-order valence-electron chi connectivity index (χ3n) is 6.17. The predicted molar refractivity (Wildman–Crippen MR) is 135 cm³/mol. The lowest BCUT2D eigenvalue weighted by Gasteiger charge is -2.31. The van der Waals surface area contributed by atoms with E-state index in [9.17, 15) is 14.0 Å². The smallest absolute Gasteiger partial charge is 0.261 e. The molecule has 0 saturated carbocycles. The van der Waals surface area contributed by atoms with Gasteiger partial charge in [0, 0.05) is 26.1 Å². The zero-order valence-corrected chi connectivity index (χ0v) is 20.1. The van der Waals surface area contributed by atoms with Crippen LogP contribution in [0.15, 0.2) is 84.9 Å². The van der Waals surface area contributed by atoms with Crippen molar-refractivity contribution in [2.75, 3.05) is 19.8 Å². The van der Waals surface area contributed by atoms with Crippen molar-refractivity contribution < 1.29 is 23.5 Å². The number of rotatable bonds is 11. The van der Waals surface area contributed by atoms with Crippen LogP contribution in [-0.2, 0) is 27.3 Å². The molecule has 188 valence electrons. The largest absolute Gasteiger partial charge is 0.484 e. The fourth-order valence-electron chi connectivity index (χ4n) is 4.22. The van der Waals surface area contributed by atoms with Crippen molar-refractivity contribution in [1.29, 1.82) is 0 Å². The summed E-state index contributed by atoms with van der Waals surface area (Å²) in [6.07, 6.45) is 2.18. The van der Waals surface area contributed by atoms with Crippen molar-refractivity contribution in [2.45, 2.75) is 38.0 Å². The van der Waals surface area contributed by atoms with Gasteiger partial charge in [-0.2, -0.15) is 0 Å². The second-order valence-corrected chi connectivity index (χ2v) is 8.84. The lowest BCUT2D eigenvalue weighted by molar-refractivity contribution is -0.143. The van der Waals surface area contributed by atoms with Gasteiger partial charge in [0.05, 0.1) is 6.10 Å². The Hall–Kier alpha value is -3.71. The molecular weight excluding hydrogens is 459 g/mol. The summed E-state index contributed by atoms with van der Waals surface area (Å²) in [4.78, 5) is 28.5. The SMILES string of the molecule is O=C(NCC1CCCO1)C(Cc1ccccc1)N(Cc1ccc(F)cc1)C(=O)COc1ccccc1. The van der Waals surface area contributed by atoms with Gasteiger partial charge in [-0.3, -0.25) is 9.59 Å². The predicted octanol–water partition coefficient (Wildman–Crippen LogP) is 4.14. The van der Waals surface area contributed by atoms with Gasteiger partial charge in [-0.15, -0.1) is 0 Å². The molecule has 7 heteroatoms. The number of hydrogen-bond donors (Lipinski definition) is 1. The van der Waals surface area contributed by atoms with E-state index in [2.05, 4.69) is 5.32 Å². The minimum absolute atomic E-state index is 0.0195. The van der Waals surface area contributed by atoms with Crippen molar-refractivity contribution in [2.24, 2.45) is 0 Å². The fraction of sp³-hybridized carbons (Fsp3) is 0.310. The number of amides is 2. The topological polar surface area (TPSA) is 67.9 Å². The molecule has 1 saturated heterocycles. The number of nitrogens with zero attached hydrogens (tertiary/aromatic N) is 1. The van der Waals surface area contributed by atoms with Crippen LogP contribution in [0, 0.1) is 5.82 Å². The van der Waals surface area contributed by atoms with Gasteiger partial charge in [0.15, 0.2) is 6.61 Å². The Kier molecular flexibility index (Phi) is 9.05. The molecule has 3 aromatic rings. The number of nitrogens with one attached hydrogen (secondary N) is 1. The van der Waals surface area contributed by atoms with E-state index in [0.717, 1.165) is 24.0 Å². The Morgan fingerprint density at radius 3 is 2.33 bits per heavy atom. The van der Waals surface area contributed by atoms with Gasteiger partial charge in [-0.25, -0.2) is 4.39 Å². The molecule has 0 aromatic heterocycles. The molecule has 0 aliphatic carbocycles. The Bertz CT molecular complexity index is 1100. The number of para-hydroxylation sites is 1. The Morgan fingerprint density at radius 2 is 1.67 bits per heavy atom. The highest BCUT2D eigenvalue weighted by atomic mass is 19.1. The second kappa shape index (κ2) is 12.8. The van der Waals surface area contributed by atoms with E-state index in [1.54, 1.807) is 24.3 Å². The molecule has 3 aromatic carbocycles. The second-order valence-electron chi connectivity index (χ2n) is 8.84. The molecule has 1 heterocycles. The van der Waals surface area contributed by atoms with Gasteiger partial charge in [0.2, 0.25) is 5.91 Å². The lowest BCUT2D eigenvalue weighted by atomic mass is 10.0. The van der Waals surface area contributed by atoms with E-state index in [0.29, 0.717) is 25.3 Å². The highest BCUT2D eigenvalue weighted by molar-refractivity contribution is 5.88. The van der Waals surface area contributed by atoms with Gasteiger partial charge in [0.25, 0.3) is 5.91 Å². The van der Waals surface area contributed by atoms with Gasteiger partial charge in [-0.05, 0) is 48.2 Å². The summed E-state index contributed by atoms with van der Waals surface area (Å²) >= 11 is 0. The Balaban J connectivity index is 1.57. The van der Waals surface area contributed by atoms with Crippen molar-refractivity contribution >= 4 is 11.8 Å². The van der Waals surface area contributed by atoms with Gasteiger partial charge in [-0.1, -0.05) is 60.7 Å². The Labute approximate surface area is 211 Å². The molecule has 6 nitrogen and oxygen atoms in total. The zero-order chi connectivity index (χ0) is 25.2. The maximum Gasteiger partial charge on any atom is 0.261 e. The third kappa shape index (κ3) is 7.39. The summed E-state index contributed by atoms with van der Waals surface area (Å²) in [6, 6.07) is 23.8. The van der Waals surface area contributed by atoms with Crippen LogP contribution in [0.3, 0.4) is 0 Å². The lowest BCUT2D eigenvalue weighted by Crippen LogP contribution is -2.52. The van der Waals surface area contributed by atoms with Gasteiger partial charge >= 0.3 is 0 Å². The highest BCUT2D eigenvalue weighted by Crippen LogP contribution is 2.17. The van der Waals surface area contributed by atoms with Crippen LogP contribution >= 0.6 is 0 Å². The summed E-state index contributed by atoms with van der Waals surface area (Å²) in [6.45, 7) is 1.00. The third-order valence-corrected chi connectivity index (χ3v) is 6.17. The molecule has 1 aliphatic heterocycles. The van der Waals surface area contributed by atoms with Crippen LogP contribution in [0.1, 0.15) is 24.0 Å². The maximum atomic E-state index is 13.5. The summed E-state index contributed by atoms with van der Waals surface area (Å²) in [7, 11) is 0. The first kappa shape index (κ1) is 25.4. The van der Waals surface area contributed by atoms with Crippen LogP contribution in [-0.4, -0.2) is 48.6 Å². The average molecular weight is 491 g/mol. The molecule has 0 bridgehead atoms. The molecule has 2 atom stereocenters. The molecule has 1 aliphatic rings. The van der Waals surface area contributed by atoms with E-state index >= 15 is 0 Å². The molecule has 2 amide bonds. The fourth-order valence-corrected chi connectivity index (χ4v) is 4.22. The van der Waals surface area contributed by atoms with Crippen LogP contribution in [0.5, 0.6) is 5.75 Å². The summed E-state index contributed by atoms with van der Waals surface area (Å²) < 4.78 is 24.9. The molecule has 0 spiro atoms. The summed E-state index contributed by atoms with van der Waals surface area (Å²) in [5, 5.41) is 2.99. The molecule has 0 radical (unpaired) electrons. The van der Waals surface area contributed by atoms with Gasteiger partial charge < -0.3 is 19.7 Å². The maximum absolute atomic E-state index is 13.5. The van der Waals surface area contributed by atoms with Crippen LogP contribution in [0.4, 0.5) is 4.39 Å². The quantitative estimate of drug-likeness (QED) is 0.439. The molecule has 1 N–H and O–H groups in total. The summed E-state index contributed by atoms with van der Waals surface area (Å²) in [5.74, 6) is -0.393. The highest BCUT2D eigenvalue weighted by Gasteiger charge is 2.31. The standard InChI is InChI=1S/C29H31FN2O4/c30-24-15-13-23(14-16-24)20-32(28(33)21-36-25-10-5-2-6-11-25)27(18-22-8-3-1-4-9-22)29(34)31-19-26-12-7-17-35-26/h1-6,8-11,13-16,26-27H,7,12,17-21H2,(H,31,34). The minimum Gasteiger partial charge on any atom is -0.484 e. The first-order valence-electron chi connectivity index (χ1n) is 12.2. The van der Waals surface area contributed by atoms with E-state index in [-0.39, 0.29) is 36.9 Å².